The molecule has 270 valence electrons. The molecule has 4 fully saturated rings. The van der Waals surface area contributed by atoms with Crippen molar-refractivity contribution in [3.05, 3.63) is 60.2 Å². The van der Waals surface area contributed by atoms with Gasteiger partial charge in [-0.05, 0) is 110 Å². The second kappa shape index (κ2) is 14.5. The summed E-state index contributed by atoms with van der Waals surface area (Å²) >= 11 is 0. The van der Waals surface area contributed by atoms with Crippen LogP contribution in [0.4, 0.5) is 0 Å². The molecule has 0 saturated heterocycles. The highest BCUT2D eigenvalue weighted by molar-refractivity contribution is 5.90. The van der Waals surface area contributed by atoms with Gasteiger partial charge in [-0.3, -0.25) is 14.4 Å². The predicted octanol–water partition coefficient (Wildman–Crippen LogP) is 8.21. The normalized spacial score (nSPS) is 35.0. The molecule has 0 aromatic heterocycles. The molecular formula is C42H54O8. The Morgan fingerprint density at radius 1 is 0.800 bits per heavy atom. The first-order valence-electron chi connectivity index (χ1n) is 18.6. The van der Waals surface area contributed by atoms with Gasteiger partial charge in [0.25, 0.3) is 0 Å². The molecule has 0 bridgehead atoms. The van der Waals surface area contributed by atoms with E-state index in [-0.39, 0.29) is 88.5 Å². The van der Waals surface area contributed by atoms with Gasteiger partial charge in [0.1, 0.15) is 18.3 Å². The summed E-state index contributed by atoms with van der Waals surface area (Å²) in [4.78, 5) is 50.9. The van der Waals surface area contributed by atoms with Crippen LogP contribution in [0.5, 0.6) is 0 Å². The molecule has 0 unspecified atom stereocenters. The van der Waals surface area contributed by atoms with E-state index in [0.29, 0.717) is 31.2 Å². The molecule has 2 aromatic rings. The fourth-order valence-electron chi connectivity index (χ4n) is 11.2. The molecule has 4 aliphatic rings. The lowest BCUT2D eigenvalue weighted by Crippen LogP contribution is -2.63. The molecule has 50 heavy (non-hydrogen) atoms. The highest BCUT2D eigenvalue weighted by atomic mass is 16.6. The number of esters is 4. The molecule has 0 aliphatic heterocycles. The first-order valence-corrected chi connectivity index (χ1v) is 18.6. The fraction of sp³-hybridized carbons (Fsp3) is 0.619. The van der Waals surface area contributed by atoms with Gasteiger partial charge in [-0.2, -0.15) is 0 Å². The highest BCUT2D eigenvalue weighted by Crippen LogP contribution is 2.69. The van der Waals surface area contributed by atoms with Gasteiger partial charge in [-0.15, -0.1) is 0 Å². The smallest absolute Gasteiger partial charge is 0.338 e. The van der Waals surface area contributed by atoms with E-state index in [1.54, 1.807) is 0 Å². The van der Waals surface area contributed by atoms with Crippen molar-refractivity contribution in [1.82, 2.24) is 0 Å². The topological polar surface area (TPSA) is 105 Å². The highest BCUT2D eigenvalue weighted by Gasteiger charge is 2.67. The third-order valence-corrected chi connectivity index (χ3v) is 13.6. The van der Waals surface area contributed by atoms with Gasteiger partial charge in [-0.25, -0.2) is 4.79 Å². The molecule has 0 spiro atoms. The summed E-state index contributed by atoms with van der Waals surface area (Å²) < 4.78 is 23.7. The van der Waals surface area contributed by atoms with E-state index in [4.69, 9.17) is 18.9 Å². The summed E-state index contributed by atoms with van der Waals surface area (Å²) in [7, 11) is 1.42. The van der Waals surface area contributed by atoms with E-state index in [2.05, 4.69) is 20.8 Å². The molecule has 11 atom stereocenters. The Bertz CT molecular complexity index is 1550. The molecule has 0 N–H and O–H groups in total. The van der Waals surface area contributed by atoms with E-state index >= 15 is 0 Å². The summed E-state index contributed by atoms with van der Waals surface area (Å²) in [5.74, 6) is -0.0472. The zero-order chi connectivity index (χ0) is 35.8. The van der Waals surface area contributed by atoms with Crippen LogP contribution in [0.2, 0.25) is 0 Å². The second-order valence-electron chi connectivity index (χ2n) is 16.1. The number of fused-ring (bicyclic) bond motifs is 5. The van der Waals surface area contributed by atoms with Crippen molar-refractivity contribution in [3.8, 4) is 11.1 Å². The number of carbonyl (C=O) groups is 4. The van der Waals surface area contributed by atoms with Crippen molar-refractivity contribution in [1.29, 1.82) is 0 Å². The number of benzene rings is 2. The number of methoxy groups -OCH3 is 1. The average molecular weight is 687 g/mol. The summed E-state index contributed by atoms with van der Waals surface area (Å²) in [6.07, 6.45) is 6.00. The molecule has 4 saturated carbocycles. The quantitative estimate of drug-likeness (QED) is 0.192. The van der Waals surface area contributed by atoms with Crippen LogP contribution in [-0.2, 0) is 33.3 Å². The maximum Gasteiger partial charge on any atom is 0.338 e. The van der Waals surface area contributed by atoms with Crippen LogP contribution in [0.15, 0.2) is 54.6 Å². The Balaban J connectivity index is 1.34. The van der Waals surface area contributed by atoms with Crippen molar-refractivity contribution >= 4 is 23.9 Å². The number of carbonyl (C=O) groups excluding carboxylic acids is 4. The van der Waals surface area contributed by atoms with Crippen molar-refractivity contribution in [2.24, 2.45) is 46.3 Å². The molecule has 8 heteroatoms. The monoisotopic (exact) mass is 686 g/mol. The van der Waals surface area contributed by atoms with Crippen molar-refractivity contribution in [2.75, 3.05) is 7.11 Å². The average Bonchev–Trinajstić information content (AvgIpc) is 3.46. The summed E-state index contributed by atoms with van der Waals surface area (Å²) in [5.41, 5.74) is 2.21. The molecule has 0 amide bonds. The number of hydrogen-bond donors (Lipinski definition) is 0. The van der Waals surface area contributed by atoms with E-state index in [9.17, 15) is 19.2 Å². The Morgan fingerprint density at radius 2 is 1.48 bits per heavy atom. The summed E-state index contributed by atoms with van der Waals surface area (Å²) in [6, 6.07) is 17.7. The standard InChI is InChI=1S/C42H54O8/c1-25(12-19-38(45)47-6)33-17-18-34-39-35(24-37(42(33,34)5)49-27(3)44)41(4)21-20-32(48-26(2)43)22-31(41)23-36(39)50-40(46)30-15-13-29(14-16-30)28-10-8-7-9-11-28/h7-11,13-16,25,31-37,39H,12,17-24H2,1-6H3/t25-,31-,32-,33-,34+,35+,36-,37+,39+,41+,42-/m1/s1. The Kier molecular flexibility index (Phi) is 10.5. The van der Waals surface area contributed by atoms with Crippen molar-refractivity contribution in [3.63, 3.8) is 0 Å². The fourth-order valence-corrected chi connectivity index (χ4v) is 11.2. The molecule has 6 rings (SSSR count). The zero-order valence-corrected chi connectivity index (χ0v) is 30.5. The van der Waals surface area contributed by atoms with E-state index in [1.165, 1.54) is 21.0 Å². The van der Waals surface area contributed by atoms with Gasteiger partial charge >= 0.3 is 23.9 Å². The minimum atomic E-state index is -0.345. The van der Waals surface area contributed by atoms with Crippen LogP contribution in [0.1, 0.15) is 103 Å². The largest absolute Gasteiger partial charge is 0.469 e. The number of rotatable bonds is 9. The first kappa shape index (κ1) is 36.1. The minimum absolute atomic E-state index is 0.0867. The van der Waals surface area contributed by atoms with E-state index < -0.39 is 0 Å². The first-order chi connectivity index (χ1) is 23.8. The molecule has 8 nitrogen and oxygen atoms in total. The lowest BCUT2D eigenvalue weighted by molar-refractivity contribution is -0.218. The third-order valence-electron chi connectivity index (χ3n) is 13.6. The van der Waals surface area contributed by atoms with Crippen LogP contribution < -0.4 is 0 Å². The Hall–Kier alpha value is -3.68. The van der Waals surface area contributed by atoms with Crippen molar-refractivity contribution < 1.29 is 38.1 Å². The van der Waals surface area contributed by atoms with Crippen molar-refractivity contribution in [2.45, 2.75) is 111 Å². The summed E-state index contributed by atoms with van der Waals surface area (Å²) in [6.45, 7) is 9.84. The SMILES string of the molecule is COC(=O)CC[C@@H](C)[C@H]1CC[C@H]2[C@@H]3[C@H](OC(=O)c4ccc(-c5ccccc5)cc4)C[C@H]4C[C@H](OC(C)=O)CC[C@]4(C)[C@H]3C[C@H](OC(C)=O)[C@]12C. The lowest BCUT2D eigenvalue weighted by atomic mass is 9.43. The second-order valence-corrected chi connectivity index (χ2v) is 16.1. The van der Waals surface area contributed by atoms with Crippen LogP contribution >= 0.6 is 0 Å². The summed E-state index contributed by atoms with van der Waals surface area (Å²) in [5, 5.41) is 0. The van der Waals surface area contributed by atoms with Gasteiger partial charge in [0.15, 0.2) is 0 Å². The Morgan fingerprint density at radius 3 is 2.14 bits per heavy atom. The zero-order valence-electron chi connectivity index (χ0n) is 30.5. The number of hydrogen-bond acceptors (Lipinski definition) is 8. The van der Waals surface area contributed by atoms with Gasteiger partial charge in [0, 0.05) is 31.6 Å². The van der Waals surface area contributed by atoms with Crippen LogP contribution in [0.3, 0.4) is 0 Å². The molecule has 4 aliphatic carbocycles. The van der Waals surface area contributed by atoms with E-state index in [0.717, 1.165) is 43.2 Å². The van der Waals surface area contributed by atoms with Gasteiger partial charge in [-0.1, -0.05) is 63.2 Å². The Labute approximate surface area is 297 Å². The molecule has 2 aromatic carbocycles. The molecular weight excluding hydrogens is 632 g/mol. The third kappa shape index (κ3) is 6.83. The van der Waals surface area contributed by atoms with Crippen LogP contribution in [0, 0.1) is 46.3 Å². The van der Waals surface area contributed by atoms with Gasteiger partial charge in [0.05, 0.1) is 12.7 Å². The predicted molar refractivity (Wildman–Crippen MR) is 189 cm³/mol. The maximum absolute atomic E-state index is 14.0. The van der Waals surface area contributed by atoms with E-state index in [1.807, 2.05) is 54.6 Å². The molecule has 0 radical (unpaired) electrons. The minimum Gasteiger partial charge on any atom is -0.469 e. The molecule has 0 heterocycles. The van der Waals surface area contributed by atoms with Crippen LogP contribution in [-0.4, -0.2) is 49.3 Å². The number of ether oxygens (including phenoxy) is 4. The van der Waals surface area contributed by atoms with Crippen LogP contribution in [0.25, 0.3) is 11.1 Å². The van der Waals surface area contributed by atoms with Gasteiger partial charge in [0.2, 0.25) is 0 Å². The maximum atomic E-state index is 14.0. The lowest BCUT2D eigenvalue weighted by Gasteiger charge is -2.64. The van der Waals surface area contributed by atoms with Gasteiger partial charge < -0.3 is 18.9 Å².